The highest BCUT2D eigenvalue weighted by molar-refractivity contribution is 7.99. The molecule has 0 spiro atoms. The fourth-order valence-electron chi connectivity index (χ4n) is 2.74. The normalized spacial score (nSPS) is 14.9. The maximum absolute atomic E-state index is 7.01. The molecular formula is C23H34OSSi. The molecule has 0 aliphatic heterocycles. The third-order valence-corrected chi connectivity index (χ3v) is 11.1. The van der Waals surface area contributed by atoms with E-state index in [1.165, 1.54) is 16.7 Å². The number of hydrogen-bond donors (Lipinski definition) is 0. The van der Waals surface area contributed by atoms with Crippen molar-refractivity contribution in [2.45, 2.75) is 64.1 Å². The van der Waals surface area contributed by atoms with E-state index in [2.05, 4.69) is 102 Å². The molecule has 0 N–H and O–H groups in total. The van der Waals surface area contributed by atoms with Crippen molar-refractivity contribution in [3.05, 3.63) is 71.3 Å². The molecule has 0 fully saturated rings. The first-order valence-corrected chi connectivity index (χ1v) is 13.5. The topological polar surface area (TPSA) is 9.23 Å². The Morgan fingerprint density at radius 1 is 0.923 bits per heavy atom. The third-order valence-electron chi connectivity index (χ3n) is 5.38. The van der Waals surface area contributed by atoms with Crippen LogP contribution in [-0.4, -0.2) is 14.1 Å². The molecule has 0 heterocycles. The van der Waals surface area contributed by atoms with Crippen LogP contribution >= 0.6 is 11.8 Å². The molecule has 3 heteroatoms. The molecule has 26 heavy (non-hydrogen) atoms. The van der Waals surface area contributed by atoms with Gasteiger partial charge in [0.25, 0.3) is 0 Å². The van der Waals surface area contributed by atoms with E-state index in [0.29, 0.717) is 5.25 Å². The Bertz CT molecular complexity index is 674. The number of aryl methyl sites for hydroxylation is 1. The van der Waals surface area contributed by atoms with E-state index in [-0.39, 0.29) is 11.1 Å². The standard InChI is InChI=1S/C23H34OSSi/c1-8-25-22(20-16-14-18(2)15-17-20)21(19-12-10-9-11-13-19)24-26(6,7)23(3,4)5/h9-17,21-22H,8H2,1-7H3/t21-,22-/m1/s1. The Kier molecular flexibility index (Phi) is 7.17. The number of thioether (sulfide) groups is 1. The minimum atomic E-state index is -1.90. The van der Waals surface area contributed by atoms with Gasteiger partial charge >= 0.3 is 0 Å². The molecule has 0 saturated carbocycles. The fourth-order valence-corrected chi connectivity index (χ4v) is 5.19. The molecule has 2 aromatic rings. The quantitative estimate of drug-likeness (QED) is 0.454. The van der Waals surface area contributed by atoms with Crippen molar-refractivity contribution >= 4 is 20.1 Å². The smallest absolute Gasteiger partial charge is 0.192 e. The van der Waals surface area contributed by atoms with E-state index < -0.39 is 8.32 Å². The van der Waals surface area contributed by atoms with Crippen molar-refractivity contribution in [2.24, 2.45) is 0 Å². The summed E-state index contributed by atoms with van der Waals surface area (Å²) < 4.78 is 7.01. The average Bonchev–Trinajstić information content (AvgIpc) is 2.59. The molecule has 0 saturated heterocycles. The zero-order chi connectivity index (χ0) is 19.4. The lowest BCUT2D eigenvalue weighted by Gasteiger charge is -2.41. The van der Waals surface area contributed by atoms with Crippen LogP contribution in [0.3, 0.4) is 0 Å². The van der Waals surface area contributed by atoms with E-state index in [1.807, 2.05) is 11.8 Å². The van der Waals surface area contributed by atoms with Gasteiger partial charge in [0, 0.05) is 0 Å². The Morgan fingerprint density at radius 2 is 1.50 bits per heavy atom. The van der Waals surface area contributed by atoms with Gasteiger partial charge in [0.1, 0.15) is 0 Å². The zero-order valence-electron chi connectivity index (χ0n) is 17.4. The molecule has 0 unspecified atom stereocenters. The van der Waals surface area contributed by atoms with Crippen LogP contribution in [0.1, 0.15) is 55.7 Å². The Morgan fingerprint density at radius 3 is 2.00 bits per heavy atom. The minimum Gasteiger partial charge on any atom is -0.408 e. The van der Waals surface area contributed by atoms with Crippen LogP contribution < -0.4 is 0 Å². The average molecular weight is 387 g/mol. The summed E-state index contributed by atoms with van der Waals surface area (Å²) >= 11 is 1.99. The summed E-state index contributed by atoms with van der Waals surface area (Å²) in [7, 11) is -1.90. The summed E-state index contributed by atoms with van der Waals surface area (Å²) in [4.78, 5) is 0. The van der Waals surface area contributed by atoms with E-state index in [4.69, 9.17) is 4.43 Å². The van der Waals surface area contributed by atoms with Gasteiger partial charge in [0.15, 0.2) is 8.32 Å². The third kappa shape index (κ3) is 5.25. The van der Waals surface area contributed by atoms with Crippen LogP contribution in [0.5, 0.6) is 0 Å². The van der Waals surface area contributed by atoms with Gasteiger partial charge in [-0.1, -0.05) is 87.9 Å². The first kappa shape index (κ1) is 21.3. The van der Waals surface area contributed by atoms with Crippen LogP contribution in [-0.2, 0) is 4.43 Å². The van der Waals surface area contributed by atoms with Gasteiger partial charge in [-0.05, 0) is 41.9 Å². The predicted molar refractivity (Wildman–Crippen MR) is 120 cm³/mol. The molecule has 2 aromatic carbocycles. The number of rotatable bonds is 7. The predicted octanol–water partition coefficient (Wildman–Crippen LogP) is 7.55. The van der Waals surface area contributed by atoms with Gasteiger partial charge in [0.05, 0.1) is 11.4 Å². The summed E-state index contributed by atoms with van der Waals surface area (Å²) in [5.41, 5.74) is 3.94. The molecule has 0 bridgehead atoms. The lowest BCUT2D eigenvalue weighted by Crippen LogP contribution is -2.42. The highest BCUT2D eigenvalue weighted by atomic mass is 32.2. The summed E-state index contributed by atoms with van der Waals surface area (Å²) in [5.74, 6) is 1.07. The van der Waals surface area contributed by atoms with Crippen molar-refractivity contribution < 1.29 is 4.43 Å². The summed E-state index contributed by atoms with van der Waals surface area (Å²) in [5, 5.41) is 0.492. The van der Waals surface area contributed by atoms with Crippen LogP contribution in [0, 0.1) is 6.92 Å². The lowest BCUT2D eigenvalue weighted by molar-refractivity contribution is 0.180. The molecule has 0 radical (unpaired) electrons. The fraction of sp³-hybridized carbons (Fsp3) is 0.478. The maximum Gasteiger partial charge on any atom is 0.192 e. The van der Waals surface area contributed by atoms with E-state index in [1.54, 1.807) is 0 Å². The van der Waals surface area contributed by atoms with Crippen molar-refractivity contribution in [1.29, 1.82) is 0 Å². The maximum atomic E-state index is 7.01. The monoisotopic (exact) mass is 386 g/mol. The van der Waals surface area contributed by atoms with Crippen molar-refractivity contribution in [1.82, 2.24) is 0 Å². The molecule has 142 valence electrons. The molecule has 1 nitrogen and oxygen atoms in total. The van der Waals surface area contributed by atoms with Crippen molar-refractivity contribution in [3.8, 4) is 0 Å². The van der Waals surface area contributed by atoms with Crippen molar-refractivity contribution in [3.63, 3.8) is 0 Å². The lowest BCUT2D eigenvalue weighted by atomic mass is 10.00. The van der Waals surface area contributed by atoms with Gasteiger partial charge in [-0.3, -0.25) is 0 Å². The minimum absolute atomic E-state index is 0.0738. The number of hydrogen-bond acceptors (Lipinski definition) is 2. The van der Waals surface area contributed by atoms with Crippen LogP contribution in [0.15, 0.2) is 54.6 Å². The first-order chi connectivity index (χ1) is 12.2. The second-order valence-electron chi connectivity index (χ2n) is 8.50. The summed E-state index contributed by atoms with van der Waals surface area (Å²) in [6, 6.07) is 19.7. The van der Waals surface area contributed by atoms with Gasteiger partial charge in [-0.15, -0.1) is 0 Å². The molecule has 0 amide bonds. The van der Waals surface area contributed by atoms with Crippen LogP contribution in [0.2, 0.25) is 18.1 Å². The van der Waals surface area contributed by atoms with Gasteiger partial charge in [0.2, 0.25) is 0 Å². The summed E-state index contributed by atoms with van der Waals surface area (Å²) in [6.07, 6.45) is 0.0738. The van der Waals surface area contributed by atoms with Crippen LogP contribution in [0.25, 0.3) is 0 Å². The van der Waals surface area contributed by atoms with Crippen LogP contribution in [0.4, 0.5) is 0 Å². The number of benzene rings is 2. The van der Waals surface area contributed by atoms with Gasteiger partial charge < -0.3 is 4.43 Å². The highest BCUT2D eigenvalue weighted by Crippen LogP contribution is 2.47. The van der Waals surface area contributed by atoms with Crippen molar-refractivity contribution in [2.75, 3.05) is 5.75 Å². The van der Waals surface area contributed by atoms with Gasteiger partial charge in [-0.2, -0.15) is 11.8 Å². The second-order valence-corrected chi connectivity index (χ2v) is 14.7. The van der Waals surface area contributed by atoms with Gasteiger partial charge in [-0.25, -0.2) is 0 Å². The zero-order valence-corrected chi connectivity index (χ0v) is 19.2. The first-order valence-electron chi connectivity index (χ1n) is 9.56. The molecule has 2 rings (SSSR count). The Labute approximate surface area is 165 Å². The molecular weight excluding hydrogens is 352 g/mol. The molecule has 0 aliphatic rings. The second kappa shape index (κ2) is 8.77. The van der Waals surface area contributed by atoms with E-state index in [9.17, 15) is 0 Å². The highest BCUT2D eigenvalue weighted by Gasteiger charge is 2.41. The molecule has 0 aromatic heterocycles. The molecule has 2 atom stereocenters. The Hall–Kier alpha value is -1.03. The summed E-state index contributed by atoms with van der Waals surface area (Å²) in [6.45, 7) is 16.0. The van der Waals surface area contributed by atoms with E-state index >= 15 is 0 Å². The van der Waals surface area contributed by atoms with E-state index in [0.717, 1.165) is 5.75 Å². The Balaban J connectivity index is 2.48. The molecule has 0 aliphatic carbocycles. The SMILES string of the molecule is CCS[C@H](c1ccc(C)cc1)[C@H](O[Si](C)(C)C(C)(C)C)c1ccccc1. The largest absolute Gasteiger partial charge is 0.408 e.